The summed E-state index contributed by atoms with van der Waals surface area (Å²) in [5.41, 5.74) is 4.24. The molecule has 0 aliphatic heterocycles. The summed E-state index contributed by atoms with van der Waals surface area (Å²) >= 11 is 0. The first-order valence-electron chi connectivity index (χ1n) is 7.53. The Bertz CT molecular complexity index is 939. The molecule has 0 atom stereocenters. The van der Waals surface area contributed by atoms with Crippen LogP contribution in [-0.4, -0.2) is 29.9 Å². The van der Waals surface area contributed by atoms with Crippen molar-refractivity contribution >= 4 is 10.9 Å². The Morgan fingerprint density at radius 1 is 1.13 bits per heavy atom. The predicted octanol–water partition coefficient (Wildman–Crippen LogP) is 2.77. The Kier molecular flexibility index (Phi) is 3.34. The average Bonchev–Trinajstić information content (AvgIpc) is 3.25. The van der Waals surface area contributed by atoms with E-state index in [1.54, 1.807) is 6.20 Å². The molecule has 1 N–H and O–H groups in total. The van der Waals surface area contributed by atoms with Gasteiger partial charge in [0.2, 0.25) is 0 Å². The van der Waals surface area contributed by atoms with Crippen LogP contribution in [0.4, 0.5) is 0 Å². The Hall–Kier alpha value is -3.02. The Balaban J connectivity index is 1.74. The molecule has 4 rings (SSSR count). The van der Waals surface area contributed by atoms with Crippen molar-refractivity contribution in [3.63, 3.8) is 0 Å². The molecular weight excluding hydrogens is 288 g/mol. The van der Waals surface area contributed by atoms with Gasteiger partial charge in [0.25, 0.3) is 0 Å². The first kappa shape index (κ1) is 13.6. The molecule has 4 aromatic rings. The number of aryl methyl sites for hydroxylation is 3. The quantitative estimate of drug-likeness (QED) is 0.629. The molecule has 0 saturated heterocycles. The van der Waals surface area contributed by atoms with Gasteiger partial charge in [-0.3, -0.25) is 4.98 Å². The van der Waals surface area contributed by atoms with Crippen molar-refractivity contribution < 1.29 is 0 Å². The van der Waals surface area contributed by atoms with Gasteiger partial charge in [-0.25, -0.2) is 4.98 Å². The van der Waals surface area contributed by atoms with E-state index in [4.69, 9.17) is 0 Å². The van der Waals surface area contributed by atoms with Crippen molar-refractivity contribution in [2.24, 2.45) is 0 Å². The summed E-state index contributed by atoms with van der Waals surface area (Å²) in [4.78, 5) is 9.07. The molecule has 0 amide bonds. The number of benzene rings is 1. The zero-order chi connectivity index (χ0) is 15.6. The maximum atomic E-state index is 4.56. The molecule has 0 radical (unpaired) electrons. The van der Waals surface area contributed by atoms with Gasteiger partial charge in [-0.1, -0.05) is 18.2 Å². The maximum absolute atomic E-state index is 4.56. The van der Waals surface area contributed by atoms with Crippen LogP contribution in [0.1, 0.15) is 11.3 Å². The first-order valence-corrected chi connectivity index (χ1v) is 7.53. The van der Waals surface area contributed by atoms with Crippen LogP contribution in [0.25, 0.3) is 22.3 Å². The highest BCUT2D eigenvalue weighted by atomic mass is 15.3. The molecule has 114 valence electrons. The highest BCUT2D eigenvalue weighted by Crippen LogP contribution is 2.28. The molecule has 6 heteroatoms. The van der Waals surface area contributed by atoms with Crippen molar-refractivity contribution in [3.8, 4) is 11.4 Å². The summed E-state index contributed by atoms with van der Waals surface area (Å²) < 4.78 is 2.14. The van der Waals surface area contributed by atoms with E-state index in [1.165, 1.54) is 5.56 Å². The van der Waals surface area contributed by atoms with E-state index in [-0.39, 0.29) is 0 Å². The molecule has 0 fully saturated rings. The van der Waals surface area contributed by atoms with Gasteiger partial charge in [-0.2, -0.15) is 15.4 Å². The molecule has 6 nitrogen and oxygen atoms in total. The molecule has 0 saturated carbocycles. The summed E-state index contributed by atoms with van der Waals surface area (Å²) in [5, 5.41) is 11.7. The predicted molar refractivity (Wildman–Crippen MR) is 87.8 cm³/mol. The largest absolute Gasteiger partial charge is 0.331 e. The third-order valence-electron chi connectivity index (χ3n) is 4.00. The van der Waals surface area contributed by atoms with Gasteiger partial charge in [0.15, 0.2) is 0 Å². The first-order chi connectivity index (χ1) is 11.3. The lowest BCUT2D eigenvalue weighted by Gasteiger charge is -2.10. The lowest BCUT2D eigenvalue weighted by molar-refractivity contribution is 0.690. The van der Waals surface area contributed by atoms with E-state index in [1.807, 2.05) is 24.7 Å². The molecule has 23 heavy (non-hydrogen) atoms. The van der Waals surface area contributed by atoms with Crippen molar-refractivity contribution in [1.29, 1.82) is 0 Å². The zero-order valence-electron chi connectivity index (χ0n) is 12.8. The molecule has 0 aliphatic rings. The fourth-order valence-corrected chi connectivity index (χ4v) is 2.82. The zero-order valence-corrected chi connectivity index (χ0v) is 12.8. The van der Waals surface area contributed by atoms with Gasteiger partial charge in [0.05, 0.1) is 17.4 Å². The van der Waals surface area contributed by atoms with Crippen LogP contribution in [-0.2, 0) is 13.0 Å². The normalized spacial score (nSPS) is 11.2. The van der Waals surface area contributed by atoms with Crippen LogP contribution in [0.2, 0.25) is 0 Å². The van der Waals surface area contributed by atoms with Crippen molar-refractivity contribution in [1.82, 2.24) is 29.9 Å². The van der Waals surface area contributed by atoms with Gasteiger partial charge in [0.1, 0.15) is 5.82 Å². The van der Waals surface area contributed by atoms with Crippen LogP contribution in [0.5, 0.6) is 0 Å². The number of imidazole rings is 1. The van der Waals surface area contributed by atoms with Gasteiger partial charge in [0, 0.05) is 42.5 Å². The fourth-order valence-electron chi connectivity index (χ4n) is 2.82. The number of H-pyrrole nitrogens is 1. The molecule has 1 aromatic carbocycles. The van der Waals surface area contributed by atoms with E-state index < -0.39 is 0 Å². The molecule has 0 spiro atoms. The average molecular weight is 304 g/mol. The third kappa shape index (κ3) is 2.48. The van der Waals surface area contributed by atoms with Gasteiger partial charge >= 0.3 is 0 Å². The molecule has 0 unspecified atom stereocenters. The van der Waals surface area contributed by atoms with Gasteiger partial charge < -0.3 is 4.57 Å². The lowest BCUT2D eigenvalue weighted by atomic mass is 10.0. The number of rotatable bonds is 4. The maximum Gasteiger partial charge on any atom is 0.140 e. The van der Waals surface area contributed by atoms with Crippen molar-refractivity contribution in [3.05, 3.63) is 60.3 Å². The summed E-state index contributed by atoms with van der Waals surface area (Å²) in [6.07, 6.45) is 8.22. The minimum absolute atomic E-state index is 0.803. The number of nitrogens with zero attached hydrogens (tertiary/aromatic N) is 5. The summed E-state index contributed by atoms with van der Waals surface area (Å²) in [6.45, 7) is 2.88. The molecule has 0 aliphatic carbocycles. The number of hydrogen-bond acceptors (Lipinski definition) is 4. The SMILES string of the molecule is Cc1ccc(-c2nccn2CCc2cn[nH]n2)c2cccnc12. The highest BCUT2D eigenvalue weighted by molar-refractivity contribution is 5.94. The summed E-state index contributed by atoms with van der Waals surface area (Å²) in [7, 11) is 0. The van der Waals surface area contributed by atoms with E-state index in [2.05, 4.69) is 55.1 Å². The third-order valence-corrected chi connectivity index (χ3v) is 4.00. The molecule has 0 bridgehead atoms. The topological polar surface area (TPSA) is 72.3 Å². The summed E-state index contributed by atoms with van der Waals surface area (Å²) in [6, 6.07) is 8.28. The smallest absolute Gasteiger partial charge is 0.140 e. The van der Waals surface area contributed by atoms with Crippen LogP contribution in [0, 0.1) is 6.92 Å². The van der Waals surface area contributed by atoms with Crippen LogP contribution >= 0.6 is 0 Å². The number of pyridine rings is 1. The molecule has 3 aromatic heterocycles. The second-order valence-electron chi connectivity index (χ2n) is 5.49. The van der Waals surface area contributed by atoms with E-state index in [0.717, 1.165) is 41.0 Å². The Morgan fingerprint density at radius 3 is 2.96 bits per heavy atom. The minimum atomic E-state index is 0.803. The fraction of sp³-hybridized carbons (Fsp3) is 0.176. The van der Waals surface area contributed by atoms with Crippen LogP contribution < -0.4 is 0 Å². The second-order valence-corrected chi connectivity index (χ2v) is 5.49. The minimum Gasteiger partial charge on any atom is -0.331 e. The number of hydrogen-bond donors (Lipinski definition) is 1. The van der Waals surface area contributed by atoms with Crippen molar-refractivity contribution in [2.45, 2.75) is 19.9 Å². The van der Waals surface area contributed by atoms with Gasteiger partial charge in [-0.15, -0.1) is 0 Å². The number of aromatic amines is 1. The molecule has 3 heterocycles. The Labute approximate surface area is 133 Å². The standard InChI is InChI=1S/C17H16N6/c1-12-4-5-15(14-3-2-7-18-16(12)14)17-19-8-10-23(17)9-6-13-11-20-22-21-13/h2-5,7-8,10-11H,6,9H2,1H3,(H,20,21,22). The van der Waals surface area contributed by atoms with Crippen LogP contribution in [0.3, 0.4) is 0 Å². The lowest BCUT2D eigenvalue weighted by Crippen LogP contribution is -2.03. The van der Waals surface area contributed by atoms with E-state index in [0.29, 0.717) is 0 Å². The van der Waals surface area contributed by atoms with Crippen LogP contribution in [0.15, 0.2) is 49.1 Å². The van der Waals surface area contributed by atoms with E-state index >= 15 is 0 Å². The molecular formula is C17H16N6. The van der Waals surface area contributed by atoms with Crippen molar-refractivity contribution in [2.75, 3.05) is 0 Å². The number of nitrogens with one attached hydrogen (secondary N) is 1. The second kappa shape index (κ2) is 5.64. The number of fused-ring (bicyclic) bond motifs is 1. The highest BCUT2D eigenvalue weighted by Gasteiger charge is 2.11. The Morgan fingerprint density at radius 2 is 2.09 bits per heavy atom. The summed E-state index contributed by atoms with van der Waals surface area (Å²) in [5.74, 6) is 0.950. The van der Waals surface area contributed by atoms with E-state index in [9.17, 15) is 0 Å². The monoisotopic (exact) mass is 304 g/mol. The number of aromatic nitrogens is 6. The van der Waals surface area contributed by atoms with Gasteiger partial charge in [-0.05, 0) is 18.6 Å².